The fourth-order valence-electron chi connectivity index (χ4n) is 3.92. The number of nitrogens with two attached hydrogens (primary N) is 2. The summed E-state index contributed by atoms with van der Waals surface area (Å²) in [6.45, 7) is 0. The summed E-state index contributed by atoms with van der Waals surface area (Å²) in [6.07, 6.45) is 6.59. The van der Waals surface area contributed by atoms with Gasteiger partial charge in [0.2, 0.25) is 0 Å². The third kappa shape index (κ3) is 6.28. The standard InChI is InChI=1S/C22H28N4O4S/c23-19(27)16-12-18(31-20(16)26-22(24)30)14-10-8-13(9-11-14)4-3-7-17(21(28)29)25-15-5-1-2-6-15/h8-12,15,17,25H,1-7H2,(H2,23,27)(H,28,29)(H3,24,26,30)/t17-/m1/s1. The Kier molecular flexibility index (Phi) is 7.64. The molecule has 7 N–H and O–H groups in total. The highest BCUT2D eigenvalue weighted by Crippen LogP contribution is 2.35. The minimum Gasteiger partial charge on any atom is -0.480 e. The number of hydrogen-bond acceptors (Lipinski definition) is 5. The van der Waals surface area contributed by atoms with Crippen LogP contribution in [0.5, 0.6) is 0 Å². The number of primary amides is 2. The Morgan fingerprint density at radius 1 is 1.13 bits per heavy atom. The summed E-state index contributed by atoms with van der Waals surface area (Å²) in [5.74, 6) is -1.42. The van der Waals surface area contributed by atoms with Gasteiger partial charge in [0.15, 0.2) is 0 Å². The van der Waals surface area contributed by atoms with E-state index in [2.05, 4.69) is 10.6 Å². The minimum atomic E-state index is -0.787. The van der Waals surface area contributed by atoms with Crippen LogP contribution in [0.1, 0.15) is 54.4 Å². The fraction of sp³-hybridized carbons (Fsp3) is 0.409. The molecule has 31 heavy (non-hydrogen) atoms. The molecule has 0 unspecified atom stereocenters. The van der Waals surface area contributed by atoms with Crippen molar-refractivity contribution in [3.63, 3.8) is 0 Å². The van der Waals surface area contributed by atoms with Crippen LogP contribution in [-0.2, 0) is 11.2 Å². The summed E-state index contributed by atoms with van der Waals surface area (Å²) < 4.78 is 0. The normalized spacial score (nSPS) is 15.0. The lowest BCUT2D eigenvalue weighted by Crippen LogP contribution is -2.42. The van der Waals surface area contributed by atoms with Gasteiger partial charge in [0.05, 0.1) is 5.56 Å². The van der Waals surface area contributed by atoms with Gasteiger partial charge in [-0.1, -0.05) is 37.1 Å². The van der Waals surface area contributed by atoms with E-state index in [0.29, 0.717) is 17.5 Å². The Morgan fingerprint density at radius 3 is 2.39 bits per heavy atom. The first kappa shape index (κ1) is 22.8. The van der Waals surface area contributed by atoms with E-state index in [0.717, 1.165) is 41.7 Å². The molecule has 1 heterocycles. The molecule has 8 nitrogen and oxygen atoms in total. The minimum absolute atomic E-state index is 0.220. The molecule has 3 rings (SSSR count). The third-order valence-electron chi connectivity index (χ3n) is 5.52. The third-order valence-corrected chi connectivity index (χ3v) is 6.62. The second-order valence-corrected chi connectivity index (χ2v) is 8.89. The molecule has 1 aromatic carbocycles. The molecule has 1 aromatic heterocycles. The van der Waals surface area contributed by atoms with E-state index >= 15 is 0 Å². The number of hydrogen-bond donors (Lipinski definition) is 5. The van der Waals surface area contributed by atoms with Crippen molar-refractivity contribution in [2.45, 2.75) is 57.0 Å². The molecule has 1 saturated carbocycles. The Hall–Kier alpha value is -2.91. The summed E-state index contributed by atoms with van der Waals surface area (Å²) in [5.41, 5.74) is 12.8. The summed E-state index contributed by atoms with van der Waals surface area (Å²) >= 11 is 1.23. The smallest absolute Gasteiger partial charge is 0.320 e. The Labute approximate surface area is 185 Å². The van der Waals surface area contributed by atoms with Crippen LogP contribution in [0.3, 0.4) is 0 Å². The van der Waals surface area contributed by atoms with E-state index in [9.17, 15) is 19.5 Å². The number of rotatable bonds is 10. The molecule has 0 saturated heterocycles. The first-order valence-corrected chi connectivity index (χ1v) is 11.2. The second-order valence-electron chi connectivity index (χ2n) is 7.83. The van der Waals surface area contributed by atoms with Crippen molar-refractivity contribution in [1.29, 1.82) is 0 Å². The predicted molar refractivity (Wildman–Crippen MR) is 121 cm³/mol. The van der Waals surface area contributed by atoms with E-state index in [1.165, 1.54) is 24.2 Å². The van der Waals surface area contributed by atoms with Crippen LogP contribution in [0.25, 0.3) is 10.4 Å². The van der Waals surface area contributed by atoms with Gasteiger partial charge in [0, 0.05) is 10.9 Å². The monoisotopic (exact) mass is 444 g/mol. The first-order valence-electron chi connectivity index (χ1n) is 10.4. The quantitative estimate of drug-likeness (QED) is 0.381. The lowest BCUT2D eigenvalue weighted by Gasteiger charge is -2.19. The van der Waals surface area contributed by atoms with Crippen LogP contribution in [0.15, 0.2) is 30.3 Å². The number of carboxylic acids is 1. The van der Waals surface area contributed by atoms with Gasteiger partial charge in [0.1, 0.15) is 11.0 Å². The fourth-order valence-corrected chi connectivity index (χ4v) is 4.99. The molecular weight excluding hydrogens is 416 g/mol. The Balaban J connectivity index is 1.59. The Bertz CT molecular complexity index is 935. The van der Waals surface area contributed by atoms with E-state index in [4.69, 9.17) is 11.5 Å². The molecule has 3 amide bonds. The van der Waals surface area contributed by atoms with Crippen LogP contribution in [0, 0.1) is 0 Å². The van der Waals surface area contributed by atoms with Gasteiger partial charge in [-0.25, -0.2) is 4.79 Å². The van der Waals surface area contributed by atoms with Gasteiger partial charge in [-0.3, -0.25) is 14.9 Å². The van der Waals surface area contributed by atoms with Crippen LogP contribution in [0.2, 0.25) is 0 Å². The highest BCUT2D eigenvalue weighted by molar-refractivity contribution is 7.20. The van der Waals surface area contributed by atoms with Gasteiger partial charge in [-0.05, 0) is 49.3 Å². The van der Waals surface area contributed by atoms with Crippen molar-refractivity contribution in [3.8, 4) is 10.4 Å². The number of thiophene rings is 1. The van der Waals surface area contributed by atoms with Crippen molar-refractivity contribution in [1.82, 2.24) is 5.32 Å². The molecule has 1 aliphatic carbocycles. The van der Waals surface area contributed by atoms with Gasteiger partial charge in [-0.15, -0.1) is 11.3 Å². The maximum Gasteiger partial charge on any atom is 0.320 e. The lowest BCUT2D eigenvalue weighted by molar-refractivity contribution is -0.139. The van der Waals surface area contributed by atoms with Gasteiger partial charge in [-0.2, -0.15) is 0 Å². The topological polar surface area (TPSA) is 148 Å². The maximum atomic E-state index is 11.6. The first-order chi connectivity index (χ1) is 14.8. The highest BCUT2D eigenvalue weighted by atomic mass is 32.1. The number of aliphatic carboxylic acids is 1. The number of carbonyl (C=O) groups is 3. The van der Waals surface area contributed by atoms with Crippen molar-refractivity contribution in [2.24, 2.45) is 11.5 Å². The number of urea groups is 1. The zero-order chi connectivity index (χ0) is 22.4. The van der Waals surface area contributed by atoms with Crippen molar-refractivity contribution < 1.29 is 19.5 Å². The molecule has 0 radical (unpaired) electrons. The zero-order valence-corrected chi connectivity index (χ0v) is 18.0. The molecule has 2 aromatic rings. The molecule has 0 spiro atoms. The number of carboxylic acid groups (broad SMARTS) is 1. The molecule has 1 fully saturated rings. The summed E-state index contributed by atoms with van der Waals surface area (Å²) in [6, 6.07) is 8.55. The number of nitrogens with one attached hydrogen (secondary N) is 2. The zero-order valence-electron chi connectivity index (χ0n) is 17.2. The van der Waals surface area contributed by atoms with Gasteiger partial charge < -0.3 is 21.9 Å². The molecule has 166 valence electrons. The van der Waals surface area contributed by atoms with Gasteiger partial charge in [0.25, 0.3) is 5.91 Å². The Morgan fingerprint density at radius 2 is 1.81 bits per heavy atom. The summed E-state index contributed by atoms with van der Waals surface area (Å²) in [5, 5.41) is 15.5. The molecule has 1 aliphatic rings. The molecule has 1 atom stereocenters. The molecular formula is C22H28N4O4S. The number of carbonyl (C=O) groups excluding carboxylic acids is 2. The van der Waals surface area contributed by atoms with Crippen LogP contribution < -0.4 is 22.1 Å². The second kappa shape index (κ2) is 10.4. The molecule has 0 aliphatic heterocycles. The van der Waals surface area contributed by atoms with E-state index in [1.807, 2.05) is 24.3 Å². The lowest BCUT2D eigenvalue weighted by atomic mass is 10.0. The van der Waals surface area contributed by atoms with E-state index in [1.54, 1.807) is 6.07 Å². The number of benzene rings is 1. The van der Waals surface area contributed by atoms with Crippen molar-refractivity contribution in [3.05, 3.63) is 41.5 Å². The number of anilines is 1. The van der Waals surface area contributed by atoms with E-state index < -0.39 is 23.9 Å². The molecule has 9 heteroatoms. The van der Waals surface area contributed by atoms with E-state index in [-0.39, 0.29) is 5.56 Å². The van der Waals surface area contributed by atoms with Crippen LogP contribution in [0.4, 0.5) is 9.80 Å². The molecule has 0 bridgehead atoms. The van der Waals surface area contributed by atoms with Crippen molar-refractivity contribution >= 4 is 34.2 Å². The van der Waals surface area contributed by atoms with Crippen molar-refractivity contribution in [2.75, 3.05) is 5.32 Å². The summed E-state index contributed by atoms with van der Waals surface area (Å²) in [4.78, 5) is 35.1. The SMILES string of the molecule is NC(=O)Nc1sc(-c2ccc(CCC[C@@H](NC3CCCC3)C(=O)O)cc2)cc1C(N)=O. The van der Waals surface area contributed by atoms with Crippen LogP contribution in [-0.4, -0.2) is 35.1 Å². The number of aryl methyl sites for hydroxylation is 1. The number of amides is 3. The average Bonchev–Trinajstić information content (AvgIpc) is 3.37. The highest BCUT2D eigenvalue weighted by Gasteiger charge is 2.23. The summed E-state index contributed by atoms with van der Waals surface area (Å²) in [7, 11) is 0. The van der Waals surface area contributed by atoms with Crippen LogP contribution >= 0.6 is 11.3 Å². The maximum absolute atomic E-state index is 11.6. The van der Waals surface area contributed by atoms with Gasteiger partial charge >= 0.3 is 12.0 Å². The average molecular weight is 445 g/mol. The largest absolute Gasteiger partial charge is 0.480 e. The predicted octanol–water partition coefficient (Wildman–Crippen LogP) is 3.31.